The molecule has 0 radical (unpaired) electrons. The Bertz CT molecular complexity index is 709. The molecular weight excluding hydrogens is 312 g/mol. The summed E-state index contributed by atoms with van der Waals surface area (Å²) in [7, 11) is 0. The Hall–Kier alpha value is -2.74. The molecule has 1 aromatic heterocycles. The molecule has 8 heteroatoms. The number of non-ortho nitro benzene ring substituents is 1. The van der Waals surface area contributed by atoms with Gasteiger partial charge >= 0.3 is 0 Å². The third-order valence-electron chi connectivity index (χ3n) is 3.39. The summed E-state index contributed by atoms with van der Waals surface area (Å²) in [6, 6.07) is 7.40. The highest BCUT2D eigenvalue weighted by atomic mass is 16.6. The lowest BCUT2D eigenvalue weighted by Crippen LogP contribution is -2.33. The van der Waals surface area contributed by atoms with Crippen molar-refractivity contribution in [2.24, 2.45) is 5.92 Å². The molecule has 0 aliphatic heterocycles. The molecule has 0 spiro atoms. The van der Waals surface area contributed by atoms with Crippen molar-refractivity contribution < 1.29 is 14.8 Å². The zero-order valence-electron chi connectivity index (χ0n) is 13.5. The molecule has 0 saturated heterocycles. The molecule has 0 bridgehead atoms. The minimum absolute atomic E-state index is 0.0111. The van der Waals surface area contributed by atoms with E-state index in [0.29, 0.717) is 18.0 Å². The van der Waals surface area contributed by atoms with E-state index in [1.807, 2.05) is 13.8 Å². The first kappa shape index (κ1) is 17.6. The molecule has 0 saturated carbocycles. The molecule has 1 heterocycles. The highest BCUT2D eigenvalue weighted by Gasteiger charge is 2.13. The second kappa shape index (κ2) is 7.69. The van der Waals surface area contributed by atoms with Gasteiger partial charge in [-0.25, -0.2) is 4.68 Å². The normalized spacial score (nSPS) is 12.2. The molecule has 1 atom stereocenters. The van der Waals surface area contributed by atoms with Gasteiger partial charge in [-0.05, 0) is 30.5 Å². The molecule has 2 N–H and O–H groups in total. The Morgan fingerprint density at radius 2 is 2.00 bits per heavy atom. The number of aliphatic hydroxyl groups is 1. The number of hydrogen-bond acceptors (Lipinski definition) is 5. The van der Waals surface area contributed by atoms with Crippen molar-refractivity contribution in [3.05, 3.63) is 52.3 Å². The Labute approximate surface area is 139 Å². The Morgan fingerprint density at radius 1 is 1.33 bits per heavy atom. The van der Waals surface area contributed by atoms with E-state index in [-0.39, 0.29) is 23.8 Å². The Morgan fingerprint density at radius 3 is 2.58 bits per heavy atom. The minimum atomic E-state index is -0.592. The van der Waals surface area contributed by atoms with Gasteiger partial charge in [-0.2, -0.15) is 5.10 Å². The van der Waals surface area contributed by atoms with Crippen molar-refractivity contribution in [1.29, 1.82) is 0 Å². The number of nitro benzene ring substituents is 1. The summed E-state index contributed by atoms with van der Waals surface area (Å²) in [5.74, 6) is -0.0308. The third-order valence-corrected chi connectivity index (χ3v) is 3.39. The van der Waals surface area contributed by atoms with Crippen LogP contribution in [-0.4, -0.2) is 38.4 Å². The van der Waals surface area contributed by atoms with Crippen LogP contribution >= 0.6 is 0 Å². The number of nitro groups is 1. The average Bonchev–Trinajstić information content (AvgIpc) is 3.02. The zero-order valence-corrected chi connectivity index (χ0v) is 13.5. The number of hydrogen-bond donors (Lipinski definition) is 2. The predicted octanol–water partition coefficient (Wildman–Crippen LogP) is 1.92. The predicted molar refractivity (Wildman–Crippen MR) is 88.0 cm³/mol. The van der Waals surface area contributed by atoms with Crippen molar-refractivity contribution in [2.45, 2.75) is 26.4 Å². The van der Waals surface area contributed by atoms with Gasteiger partial charge in [0.15, 0.2) is 5.69 Å². The topological polar surface area (TPSA) is 110 Å². The summed E-state index contributed by atoms with van der Waals surface area (Å²) in [6.07, 6.45) is 1.61. The van der Waals surface area contributed by atoms with Crippen LogP contribution in [0.5, 0.6) is 0 Å². The van der Waals surface area contributed by atoms with Gasteiger partial charge < -0.3 is 10.4 Å². The van der Waals surface area contributed by atoms with Crippen LogP contribution in [0.15, 0.2) is 36.5 Å². The molecule has 1 unspecified atom stereocenters. The fraction of sp³-hybridized carbons (Fsp3) is 0.375. The number of aromatic nitrogens is 2. The lowest BCUT2D eigenvalue weighted by atomic mass is 10.1. The van der Waals surface area contributed by atoms with Crippen LogP contribution in [0.25, 0.3) is 5.69 Å². The smallest absolute Gasteiger partial charge is 0.271 e. The molecule has 0 aliphatic rings. The lowest BCUT2D eigenvalue weighted by molar-refractivity contribution is -0.384. The molecule has 1 amide bonds. The molecule has 2 rings (SSSR count). The summed E-state index contributed by atoms with van der Waals surface area (Å²) >= 11 is 0. The van der Waals surface area contributed by atoms with Gasteiger partial charge in [0.2, 0.25) is 0 Å². The fourth-order valence-corrected chi connectivity index (χ4v) is 2.24. The largest absolute Gasteiger partial charge is 0.391 e. The Balaban J connectivity index is 1.99. The number of nitrogens with one attached hydrogen (secondary N) is 1. The fourth-order valence-electron chi connectivity index (χ4n) is 2.24. The van der Waals surface area contributed by atoms with Crippen molar-refractivity contribution in [3.63, 3.8) is 0 Å². The van der Waals surface area contributed by atoms with Crippen LogP contribution in [0, 0.1) is 16.0 Å². The molecule has 2 aromatic rings. The van der Waals surface area contributed by atoms with E-state index >= 15 is 0 Å². The van der Waals surface area contributed by atoms with Crippen LogP contribution < -0.4 is 5.32 Å². The van der Waals surface area contributed by atoms with Crippen molar-refractivity contribution in [3.8, 4) is 5.69 Å². The van der Waals surface area contributed by atoms with E-state index in [0.717, 1.165) is 0 Å². The van der Waals surface area contributed by atoms with Gasteiger partial charge in [-0.1, -0.05) is 13.8 Å². The van der Waals surface area contributed by atoms with Gasteiger partial charge in [0.25, 0.3) is 11.6 Å². The first-order chi connectivity index (χ1) is 11.4. The highest BCUT2D eigenvalue weighted by Crippen LogP contribution is 2.15. The summed E-state index contributed by atoms with van der Waals surface area (Å²) < 4.78 is 1.46. The number of benzene rings is 1. The number of amides is 1. The van der Waals surface area contributed by atoms with Crippen molar-refractivity contribution >= 4 is 11.6 Å². The van der Waals surface area contributed by atoms with Crippen molar-refractivity contribution in [2.75, 3.05) is 6.54 Å². The second-order valence-electron chi connectivity index (χ2n) is 5.91. The molecule has 24 heavy (non-hydrogen) atoms. The summed E-state index contributed by atoms with van der Waals surface area (Å²) in [6.45, 7) is 4.16. The summed E-state index contributed by atoms with van der Waals surface area (Å²) in [4.78, 5) is 22.2. The SMILES string of the molecule is CC(C)CC(O)CNC(=O)c1ccn(-c2ccc([N+](=O)[O-])cc2)n1. The molecule has 8 nitrogen and oxygen atoms in total. The number of rotatable bonds is 7. The van der Waals surface area contributed by atoms with Gasteiger partial charge in [-0.3, -0.25) is 14.9 Å². The molecule has 1 aromatic carbocycles. The number of aliphatic hydroxyl groups excluding tert-OH is 1. The van der Waals surface area contributed by atoms with E-state index in [1.165, 1.54) is 16.8 Å². The van der Waals surface area contributed by atoms with Crippen LogP contribution in [0.1, 0.15) is 30.8 Å². The third kappa shape index (κ3) is 4.63. The van der Waals surface area contributed by atoms with E-state index in [9.17, 15) is 20.0 Å². The van der Waals surface area contributed by atoms with E-state index in [1.54, 1.807) is 24.4 Å². The van der Waals surface area contributed by atoms with Crippen molar-refractivity contribution in [1.82, 2.24) is 15.1 Å². The summed E-state index contributed by atoms with van der Waals surface area (Å²) in [5.41, 5.74) is 0.813. The maximum Gasteiger partial charge on any atom is 0.271 e. The molecule has 0 aliphatic carbocycles. The number of carbonyl (C=O) groups excluding carboxylic acids is 1. The van der Waals surface area contributed by atoms with E-state index in [4.69, 9.17) is 0 Å². The lowest BCUT2D eigenvalue weighted by Gasteiger charge is -2.13. The number of nitrogens with zero attached hydrogens (tertiary/aromatic N) is 3. The quantitative estimate of drug-likeness (QED) is 0.594. The van der Waals surface area contributed by atoms with Crippen LogP contribution in [0.3, 0.4) is 0 Å². The van der Waals surface area contributed by atoms with Gasteiger partial charge in [0.05, 0.1) is 16.7 Å². The standard InChI is InChI=1S/C16H20N4O4/c1-11(2)9-14(21)10-17-16(22)15-7-8-19(18-15)12-3-5-13(6-4-12)20(23)24/h3-8,11,14,21H,9-10H2,1-2H3,(H,17,22). The van der Waals surface area contributed by atoms with E-state index in [2.05, 4.69) is 10.4 Å². The zero-order chi connectivity index (χ0) is 17.7. The van der Waals surface area contributed by atoms with Crippen LogP contribution in [0.2, 0.25) is 0 Å². The average molecular weight is 332 g/mol. The van der Waals surface area contributed by atoms with Crippen LogP contribution in [0.4, 0.5) is 5.69 Å². The number of carbonyl (C=O) groups is 1. The molecule has 0 fully saturated rings. The second-order valence-corrected chi connectivity index (χ2v) is 5.91. The first-order valence-electron chi connectivity index (χ1n) is 7.63. The van der Waals surface area contributed by atoms with Crippen LogP contribution in [-0.2, 0) is 0 Å². The molecule has 128 valence electrons. The maximum absolute atomic E-state index is 12.0. The first-order valence-corrected chi connectivity index (χ1v) is 7.63. The maximum atomic E-state index is 12.0. The minimum Gasteiger partial charge on any atom is -0.391 e. The highest BCUT2D eigenvalue weighted by molar-refractivity contribution is 5.92. The monoisotopic (exact) mass is 332 g/mol. The molecular formula is C16H20N4O4. The van der Waals surface area contributed by atoms with Gasteiger partial charge in [0.1, 0.15) is 0 Å². The summed E-state index contributed by atoms with van der Waals surface area (Å²) in [5, 5.41) is 27.2. The Kier molecular flexibility index (Phi) is 5.64. The van der Waals surface area contributed by atoms with Gasteiger partial charge in [0, 0.05) is 24.9 Å². The van der Waals surface area contributed by atoms with Gasteiger partial charge in [-0.15, -0.1) is 0 Å². The van der Waals surface area contributed by atoms with E-state index < -0.39 is 11.0 Å².